The summed E-state index contributed by atoms with van der Waals surface area (Å²) in [6, 6.07) is 0.237. The minimum Gasteiger partial charge on any atom is -0.379 e. The van der Waals surface area contributed by atoms with Gasteiger partial charge in [0.1, 0.15) is 11.4 Å². The normalized spacial score (nSPS) is 20.1. The third-order valence-corrected chi connectivity index (χ3v) is 7.05. The Balaban J connectivity index is 1.77. The predicted octanol–water partition coefficient (Wildman–Crippen LogP) is 0.580. The van der Waals surface area contributed by atoms with Gasteiger partial charge in [-0.15, -0.1) is 0 Å². The van der Waals surface area contributed by atoms with E-state index in [2.05, 4.69) is 10.4 Å². The van der Waals surface area contributed by atoms with E-state index in [9.17, 15) is 13.2 Å². The van der Waals surface area contributed by atoms with Gasteiger partial charge in [-0.05, 0) is 26.7 Å². The molecule has 0 spiro atoms. The fraction of sp³-hybridized carbons (Fsp3) is 0.750. The van der Waals surface area contributed by atoms with E-state index in [-0.39, 0.29) is 23.4 Å². The van der Waals surface area contributed by atoms with Crippen molar-refractivity contribution in [2.24, 2.45) is 0 Å². The topological polar surface area (TPSA) is 93.5 Å². The summed E-state index contributed by atoms with van der Waals surface area (Å²) in [7, 11) is -3.62. The van der Waals surface area contributed by atoms with Crippen LogP contribution >= 0.6 is 0 Å². The highest BCUT2D eigenvalue weighted by Gasteiger charge is 2.32. The Morgan fingerprint density at radius 1 is 1.24 bits per heavy atom. The first kappa shape index (κ1) is 18.3. The lowest BCUT2D eigenvalue weighted by Gasteiger charge is -2.26. The number of hydrogen-bond acceptors (Lipinski definition) is 5. The van der Waals surface area contributed by atoms with E-state index in [0.29, 0.717) is 37.7 Å². The summed E-state index contributed by atoms with van der Waals surface area (Å²) in [5.74, 6) is -0.118. The first-order valence-corrected chi connectivity index (χ1v) is 10.2. The summed E-state index contributed by atoms with van der Waals surface area (Å²) in [4.78, 5) is 12.5. The molecule has 0 bridgehead atoms. The molecule has 0 atom stereocenters. The van der Waals surface area contributed by atoms with Crippen molar-refractivity contribution in [1.82, 2.24) is 19.4 Å². The molecule has 1 aliphatic carbocycles. The molecule has 1 aromatic rings. The van der Waals surface area contributed by atoms with Crippen LogP contribution in [0, 0.1) is 13.8 Å². The number of carbonyl (C=O) groups is 1. The maximum absolute atomic E-state index is 12.9. The molecule has 3 rings (SSSR count). The van der Waals surface area contributed by atoms with Crippen molar-refractivity contribution in [3.05, 3.63) is 11.4 Å². The maximum atomic E-state index is 12.9. The summed E-state index contributed by atoms with van der Waals surface area (Å²) < 4.78 is 34.0. The summed E-state index contributed by atoms with van der Waals surface area (Å²) in [5.41, 5.74) is 0.934. The number of amides is 1. The molecule has 25 heavy (non-hydrogen) atoms. The van der Waals surface area contributed by atoms with E-state index in [1.54, 1.807) is 13.8 Å². The highest BCUT2D eigenvalue weighted by atomic mass is 32.2. The molecule has 1 amide bonds. The van der Waals surface area contributed by atoms with Crippen molar-refractivity contribution in [3.63, 3.8) is 0 Å². The molecule has 1 aromatic heterocycles. The molecule has 140 valence electrons. The molecule has 2 fully saturated rings. The number of aryl methyl sites for hydroxylation is 1. The van der Waals surface area contributed by atoms with Crippen molar-refractivity contribution in [3.8, 4) is 0 Å². The molecule has 0 radical (unpaired) electrons. The average molecular weight is 370 g/mol. The Morgan fingerprint density at radius 3 is 2.52 bits per heavy atom. The molecule has 2 aliphatic rings. The summed E-state index contributed by atoms with van der Waals surface area (Å²) >= 11 is 0. The van der Waals surface area contributed by atoms with Gasteiger partial charge in [-0.3, -0.25) is 9.48 Å². The monoisotopic (exact) mass is 370 g/mol. The average Bonchev–Trinajstić information content (AvgIpc) is 3.16. The van der Waals surface area contributed by atoms with Crippen LogP contribution in [0.4, 0.5) is 0 Å². The van der Waals surface area contributed by atoms with Crippen LogP contribution < -0.4 is 5.32 Å². The number of rotatable bonds is 5. The second kappa shape index (κ2) is 7.43. The third kappa shape index (κ3) is 3.88. The number of carbonyl (C=O) groups excluding carboxylic acids is 1. The van der Waals surface area contributed by atoms with Gasteiger partial charge in [0.15, 0.2) is 0 Å². The van der Waals surface area contributed by atoms with Crippen LogP contribution in [0.1, 0.15) is 37.1 Å². The van der Waals surface area contributed by atoms with Gasteiger partial charge in [0, 0.05) is 19.1 Å². The van der Waals surface area contributed by atoms with Gasteiger partial charge >= 0.3 is 0 Å². The first-order chi connectivity index (χ1) is 11.9. The molecule has 0 unspecified atom stereocenters. The maximum Gasteiger partial charge on any atom is 0.246 e. The van der Waals surface area contributed by atoms with Gasteiger partial charge < -0.3 is 10.1 Å². The lowest BCUT2D eigenvalue weighted by atomic mass is 10.2. The minimum atomic E-state index is -3.62. The van der Waals surface area contributed by atoms with Crippen molar-refractivity contribution >= 4 is 15.9 Å². The van der Waals surface area contributed by atoms with E-state index < -0.39 is 10.0 Å². The third-order valence-electron chi connectivity index (χ3n) is 4.90. The number of morpholine rings is 1. The van der Waals surface area contributed by atoms with E-state index in [4.69, 9.17) is 4.74 Å². The van der Waals surface area contributed by atoms with Crippen LogP contribution in [0.5, 0.6) is 0 Å². The van der Waals surface area contributed by atoms with Crippen LogP contribution in [0.25, 0.3) is 0 Å². The summed E-state index contributed by atoms with van der Waals surface area (Å²) in [6.07, 6.45) is 4.32. The van der Waals surface area contributed by atoms with Crippen LogP contribution in [-0.4, -0.2) is 60.8 Å². The van der Waals surface area contributed by atoms with Gasteiger partial charge in [0.25, 0.3) is 0 Å². The van der Waals surface area contributed by atoms with Crippen LogP contribution in [0.3, 0.4) is 0 Å². The van der Waals surface area contributed by atoms with E-state index >= 15 is 0 Å². The Hall–Kier alpha value is -1.45. The largest absolute Gasteiger partial charge is 0.379 e. The number of ether oxygens (including phenoxy) is 1. The summed E-state index contributed by atoms with van der Waals surface area (Å²) in [6.45, 7) is 4.90. The van der Waals surface area contributed by atoms with Gasteiger partial charge in [-0.25, -0.2) is 8.42 Å². The zero-order valence-corrected chi connectivity index (χ0v) is 15.6. The second-order valence-electron chi connectivity index (χ2n) is 6.72. The van der Waals surface area contributed by atoms with E-state index in [1.165, 1.54) is 8.99 Å². The lowest BCUT2D eigenvalue weighted by Crippen LogP contribution is -2.41. The quantitative estimate of drug-likeness (QED) is 0.818. The second-order valence-corrected chi connectivity index (χ2v) is 8.60. The Kier molecular flexibility index (Phi) is 5.45. The highest BCUT2D eigenvalue weighted by Crippen LogP contribution is 2.24. The van der Waals surface area contributed by atoms with Crippen molar-refractivity contribution < 1.29 is 17.9 Å². The Morgan fingerprint density at radius 2 is 1.88 bits per heavy atom. The van der Waals surface area contributed by atoms with Gasteiger partial charge in [0.05, 0.1) is 24.6 Å². The highest BCUT2D eigenvalue weighted by molar-refractivity contribution is 7.89. The number of aromatic nitrogens is 2. The molecular weight excluding hydrogens is 344 g/mol. The predicted molar refractivity (Wildman–Crippen MR) is 91.7 cm³/mol. The molecule has 1 N–H and O–H groups in total. The smallest absolute Gasteiger partial charge is 0.246 e. The van der Waals surface area contributed by atoms with Crippen molar-refractivity contribution in [2.75, 3.05) is 26.3 Å². The first-order valence-electron chi connectivity index (χ1n) is 8.81. The fourth-order valence-electron chi connectivity index (χ4n) is 3.60. The lowest BCUT2D eigenvalue weighted by molar-refractivity contribution is -0.122. The molecule has 2 heterocycles. The number of hydrogen-bond donors (Lipinski definition) is 1. The van der Waals surface area contributed by atoms with Crippen molar-refractivity contribution in [1.29, 1.82) is 0 Å². The molecule has 1 saturated heterocycles. The zero-order chi connectivity index (χ0) is 18.0. The summed E-state index contributed by atoms with van der Waals surface area (Å²) in [5, 5.41) is 7.31. The molecule has 1 saturated carbocycles. The number of nitrogens with zero attached hydrogens (tertiary/aromatic N) is 3. The Labute approximate surface area is 148 Å². The minimum absolute atomic E-state index is 0.0435. The zero-order valence-electron chi connectivity index (χ0n) is 14.8. The van der Waals surface area contributed by atoms with Crippen LogP contribution in [-0.2, 0) is 26.1 Å². The number of sulfonamides is 1. The molecule has 1 aliphatic heterocycles. The fourth-order valence-corrected chi connectivity index (χ4v) is 5.38. The molecule has 9 heteroatoms. The van der Waals surface area contributed by atoms with Gasteiger partial charge in [0.2, 0.25) is 15.9 Å². The van der Waals surface area contributed by atoms with Crippen LogP contribution in [0.15, 0.2) is 4.90 Å². The number of nitrogens with one attached hydrogen (secondary N) is 1. The van der Waals surface area contributed by atoms with Crippen LogP contribution in [0.2, 0.25) is 0 Å². The standard InChI is InChI=1S/C16H26N4O4S/c1-12-16(25(22,23)19-7-9-24-10-8-19)13(2)20(18-12)11-15(21)17-14-5-3-4-6-14/h14H,3-11H2,1-2H3,(H,17,21). The van der Waals surface area contributed by atoms with Gasteiger partial charge in [-0.1, -0.05) is 12.8 Å². The molecule has 0 aromatic carbocycles. The SMILES string of the molecule is Cc1nn(CC(=O)NC2CCCC2)c(C)c1S(=O)(=O)N1CCOCC1. The van der Waals surface area contributed by atoms with Crippen molar-refractivity contribution in [2.45, 2.75) is 57.0 Å². The van der Waals surface area contributed by atoms with Gasteiger partial charge in [-0.2, -0.15) is 9.40 Å². The Bertz CT molecular complexity index is 732. The van der Waals surface area contributed by atoms with E-state index in [1.807, 2.05) is 0 Å². The van der Waals surface area contributed by atoms with E-state index in [0.717, 1.165) is 25.7 Å². The molecule has 8 nitrogen and oxygen atoms in total. The molecular formula is C16H26N4O4S.